The molecule has 14 heavy (non-hydrogen) atoms. The van der Waals surface area contributed by atoms with Crippen molar-refractivity contribution in [3.8, 4) is 0 Å². The Balaban J connectivity index is 2.11. The lowest BCUT2D eigenvalue weighted by Crippen LogP contribution is -2.19. The fourth-order valence-corrected chi connectivity index (χ4v) is 1.49. The number of nitrogens with one attached hydrogen (secondary N) is 1. The van der Waals surface area contributed by atoms with Gasteiger partial charge in [-0.2, -0.15) is 0 Å². The molecule has 1 atom stereocenters. The normalized spacial score (nSPS) is 24.8. The predicted molar refractivity (Wildman–Crippen MR) is 56.2 cm³/mol. The summed E-state index contributed by atoms with van der Waals surface area (Å²) < 4.78 is 0. The zero-order valence-corrected chi connectivity index (χ0v) is 9.13. The summed E-state index contributed by atoms with van der Waals surface area (Å²) in [6, 6.07) is 0. The number of carboxylic acid groups (broad SMARTS) is 1. The number of carbonyl (C=O) groups is 1. The van der Waals surface area contributed by atoms with Gasteiger partial charge in [0.1, 0.15) is 0 Å². The van der Waals surface area contributed by atoms with Crippen LogP contribution in [0.1, 0.15) is 27.2 Å². The second-order valence-electron chi connectivity index (χ2n) is 4.74. The van der Waals surface area contributed by atoms with E-state index in [1.807, 2.05) is 0 Å². The minimum Gasteiger partial charge on any atom is -0.478 e. The van der Waals surface area contributed by atoms with E-state index in [0.29, 0.717) is 17.5 Å². The number of rotatable bonds is 5. The quantitative estimate of drug-likeness (QED) is 0.520. The Kier molecular flexibility index (Phi) is 3.32. The predicted octanol–water partition coefficient (Wildman–Crippen LogP) is 1.65. The van der Waals surface area contributed by atoms with E-state index >= 15 is 0 Å². The van der Waals surface area contributed by atoms with E-state index in [0.717, 1.165) is 12.5 Å². The summed E-state index contributed by atoms with van der Waals surface area (Å²) in [5.41, 5.74) is 0.908. The molecule has 0 aromatic carbocycles. The van der Waals surface area contributed by atoms with Gasteiger partial charge < -0.3 is 10.4 Å². The second-order valence-corrected chi connectivity index (χ2v) is 4.74. The van der Waals surface area contributed by atoms with Crippen molar-refractivity contribution in [2.45, 2.75) is 27.2 Å². The van der Waals surface area contributed by atoms with E-state index in [1.165, 1.54) is 6.42 Å². The van der Waals surface area contributed by atoms with Crippen molar-refractivity contribution in [3.63, 3.8) is 0 Å². The molecule has 0 aliphatic heterocycles. The van der Waals surface area contributed by atoms with Crippen molar-refractivity contribution in [3.05, 3.63) is 11.6 Å². The van der Waals surface area contributed by atoms with Gasteiger partial charge in [-0.05, 0) is 31.2 Å². The third-order valence-corrected chi connectivity index (χ3v) is 3.00. The van der Waals surface area contributed by atoms with Gasteiger partial charge in [-0.1, -0.05) is 19.9 Å². The number of hydrogen-bond acceptors (Lipinski definition) is 2. The maximum absolute atomic E-state index is 10.4. The topological polar surface area (TPSA) is 49.3 Å². The van der Waals surface area contributed by atoms with Crippen LogP contribution in [0.2, 0.25) is 0 Å². The molecule has 1 rings (SSSR count). The van der Waals surface area contributed by atoms with Crippen LogP contribution in [0.4, 0.5) is 0 Å². The first-order chi connectivity index (χ1) is 6.43. The van der Waals surface area contributed by atoms with Crippen LogP contribution in [0.3, 0.4) is 0 Å². The van der Waals surface area contributed by atoms with Crippen LogP contribution in [0.25, 0.3) is 0 Å². The van der Waals surface area contributed by atoms with Gasteiger partial charge in [0.15, 0.2) is 0 Å². The van der Waals surface area contributed by atoms with Crippen LogP contribution in [0, 0.1) is 11.3 Å². The fourth-order valence-electron chi connectivity index (χ4n) is 1.49. The molecular formula is C11H19NO2. The Morgan fingerprint density at radius 1 is 1.64 bits per heavy atom. The summed E-state index contributed by atoms with van der Waals surface area (Å²) in [5, 5.41) is 11.8. The Morgan fingerprint density at radius 2 is 2.21 bits per heavy atom. The molecule has 1 aliphatic carbocycles. The van der Waals surface area contributed by atoms with E-state index in [4.69, 9.17) is 5.11 Å². The summed E-state index contributed by atoms with van der Waals surface area (Å²) in [4.78, 5) is 10.4. The molecule has 0 amide bonds. The van der Waals surface area contributed by atoms with Crippen LogP contribution in [-0.2, 0) is 4.79 Å². The molecule has 3 heteroatoms. The van der Waals surface area contributed by atoms with Crippen molar-refractivity contribution in [2.75, 3.05) is 13.1 Å². The lowest BCUT2D eigenvalue weighted by atomic mass is 10.1. The second kappa shape index (κ2) is 4.13. The van der Waals surface area contributed by atoms with Crippen LogP contribution < -0.4 is 5.32 Å². The molecule has 0 heterocycles. The Labute approximate surface area is 85.2 Å². The van der Waals surface area contributed by atoms with Crippen molar-refractivity contribution < 1.29 is 9.90 Å². The Bertz CT molecular complexity index is 256. The number of aliphatic carboxylic acids is 1. The van der Waals surface area contributed by atoms with Crippen molar-refractivity contribution in [1.82, 2.24) is 5.32 Å². The average Bonchev–Trinajstić information content (AvgIpc) is 2.67. The molecule has 1 unspecified atom stereocenters. The maximum Gasteiger partial charge on any atom is 0.330 e. The highest BCUT2D eigenvalue weighted by Crippen LogP contribution is 2.50. The van der Waals surface area contributed by atoms with Crippen molar-refractivity contribution in [1.29, 1.82) is 0 Å². The molecule has 0 aromatic rings. The summed E-state index contributed by atoms with van der Waals surface area (Å²) in [5.74, 6) is -0.0698. The summed E-state index contributed by atoms with van der Waals surface area (Å²) in [7, 11) is 0. The van der Waals surface area contributed by atoms with Crippen molar-refractivity contribution >= 4 is 5.97 Å². The van der Waals surface area contributed by atoms with Gasteiger partial charge in [-0.25, -0.2) is 4.79 Å². The van der Waals surface area contributed by atoms with Gasteiger partial charge in [0, 0.05) is 12.1 Å². The zero-order chi connectivity index (χ0) is 10.8. The molecule has 1 fully saturated rings. The van der Waals surface area contributed by atoms with Crippen LogP contribution >= 0.6 is 0 Å². The zero-order valence-electron chi connectivity index (χ0n) is 9.13. The molecule has 1 aliphatic rings. The molecule has 1 saturated carbocycles. The van der Waals surface area contributed by atoms with E-state index in [-0.39, 0.29) is 0 Å². The van der Waals surface area contributed by atoms with E-state index in [9.17, 15) is 4.79 Å². The monoisotopic (exact) mass is 197 g/mol. The third kappa shape index (κ3) is 3.14. The standard InChI is InChI=1S/C11H19NO2/c1-8(10(13)14)4-5-12-7-9-6-11(9,2)3/h4,9,12H,5-7H2,1-3H3,(H,13,14). The number of carboxylic acids is 1. The molecule has 80 valence electrons. The molecule has 0 bridgehead atoms. The molecule has 0 aromatic heterocycles. The minimum atomic E-state index is -0.835. The molecule has 0 spiro atoms. The van der Waals surface area contributed by atoms with Gasteiger partial charge in [0.25, 0.3) is 0 Å². The maximum atomic E-state index is 10.4. The highest BCUT2D eigenvalue weighted by molar-refractivity contribution is 5.85. The highest BCUT2D eigenvalue weighted by atomic mass is 16.4. The van der Waals surface area contributed by atoms with Gasteiger partial charge in [-0.15, -0.1) is 0 Å². The van der Waals surface area contributed by atoms with Gasteiger partial charge in [0.05, 0.1) is 0 Å². The smallest absolute Gasteiger partial charge is 0.330 e. The average molecular weight is 197 g/mol. The summed E-state index contributed by atoms with van der Waals surface area (Å²) in [6.45, 7) is 7.79. The van der Waals surface area contributed by atoms with E-state index in [1.54, 1.807) is 13.0 Å². The Morgan fingerprint density at radius 3 is 2.64 bits per heavy atom. The molecule has 3 nitrogen and oxygen atoms in total. The van der Waals surface area contributed by atoms with Gasteiger partial charge >= 0.3 is 5.97 Å². The molecule has 2 N–H and O–H groups in total. The van der Waals surface area contributed by atoms with Crippen molar-refractivity contribution in [2.24, 2.45) is 11.3 Å². The molecule has 0 saturated heterocycles. The lowest BCUT2D eigenvalue weighted by molar-refractivity contribution is -0.132. The SMILES string of the molecule is CC(=CCNCC1CC1(C)C)C(=O)O. The summed E-state index contributed by atoms with van der Waals surface area (Å²) in [6.07, 6.45) is 3.00. The molecular weight excluding hydrogens is 178 g/mol. The largest absolute Gasteiger partial charge is 0.478 e. The van der Waals surface area contributed by atoms with E-state index < -0.39 is 5.97 Å². The third-order valence-electron chi connectivity index (χ3n) is 3.00. The summed E-state index contributed by atoms with van der Waals surface area (Å²) >= 11 is 0. The first kappa shape index (κ1) is 11.2. The Hall–Kier alpha value is -0.830. The minimum absolute atomic E-state index is 0.410. The highest BCUT2D eigenvalue weighted by Gasteiger charge is 2.44. The van der Waals surface area contributed by atoms with Gasteiger partial charge in [0.2, 0.25) is 0 Å². The van der Waals surface area contributed by atoms with Crippen LogP contribution in [0.15, 0.2) is 11.6 Å². The fraction of sp³-hybridized carbons (Fsp3) is 0.727. The van der Waals surface area contributed by atoms with E-state index in [2.05, 4.69) is 19.2 Å². The molecule has 0 radical (unpaired) electrons. The van der Waals surface area contributed by atoms with Crippen LogP contribution in [0.5, 0.6) is 0 Å². The first-order valence-corrected chi connectivity index (χ1v) is 5.04. The first-order valence-electron chi connectivity index (χ1n) is 5.04. The number of hydrogen-bond donors (Lipinski definition) is 2. The lowest BCUT2D eigenvalue weighted by Gasteiger charge is -2.03. The van der Waals surface area contributed by atoms with Crippen LogP contribution in [-0.4, -0.2) is 24.2 Å². The van der Waals surface area contributed by atoms with Gasteiger partial charge in [-0.3, -0.25) is 0 Å².